The molecule has 2 nitrogen and oxygen atoms in total. The Kier molecular flexibility index (Phi) is 4.40. The van der Waals surface area contributed by atoms with Crippen molar-refractivity contribution in [3.63, 3.8) is 0 Å². The quantitative estimate of drug-likeness (QED) is 0.267. The van der Waals surface area contributed by atoms with E-state index in [2.05, 4.69) is 133 Å². The number of benzene rings is 6. The van der Waals surface area contributed by atoms with E-state index in [-0.39, 0.29) is 0 Å². The highest BCUT2D eigenvalue weighted by molar-refractivity contribution is 6.28. The van der Waals surface area contributed by atoms with Crippen LogP contribution in [-0.2, 0) is 0 Å². The van der Waals surface area contributed by atoms with Crippen LogP contribution in [0.4, 0.5) is 17.1 Å². The first kappa shape index (κ1) is 19.9. The van der Waals surface area contributed by atoms with Crippen LogP contribution >= 0.6 is 0 Å². The van der Waals surface area contributed by atoms with Crippen LogP contribution in [0.5, 0.6) is 0 Å². The van der Waals surface area contributed by atoms with E-state index in [1.54, 1.807) is 0 Å². The highest BCUT2D eigenvalue weighted by atomic mass is 16.3. The van der Waals surface area contributed by atoms with Gasteiger partial charge < -0.3 is 9.32 Å². The number of anilines is 3. The van der Waals surface area contributed by atoms with Crippen LogP contribution in [0.1, 0.15) is 5.56 Å². The molecular weight excluding hydrogens is 426 g/mol. The number of para-hydroxylation sites is 1. The van der Waals surface area contributed by atoms with Gasteiger partial charge in [0.05, 0.1) is 5.69 Å². The first-order valence-electron chi connectivity index (χ1n) is 12.0. The molecule has 35 heavy (non-hydrogen) atoms. The minimum absolute atomic E-state index is 0.902. The SMILES string of the molecule is Cc1cccc(N(c2ccccc2)c2cc3oc4ccc5ccccc5c4c3c3ccccc23)c1. The van der Waals surface area contributed by atoms with Gasteiger partial charge in [-0.2, -0.15) is 0 Å². The van der Waals surface area contributed by atoms with Crippen LogP contribution in [-0.4, -0.2) is 0 Å². The molecule has 0 atom stereocenters. The van der Waals surface area contributed by atoms with Crippen molar-refractivity contribution >= 4 is 60.5 Å². The van der Waals surface area contributed by atoms with Gasteiger partial charge in [0.1, 0.15) is 11.2 Å². The molecule has 7 rings (SSSR count). The molecule has 0 aliphatic heterocycles. The van der Waals surface area contributed by atoms with E-state index in [0.29, 0.717) is 0 Å². The predicted octanol–water partition coefficient (Wildman–Crippen LogP) is 9.67. The summed E-state index contributed by atoms with van der Waals surface area (Å²) in [6, 6.07) is 42.9. The summed E-state index contributed by atoms with van der Waals surface area (Å²) in [6.07, 6.45) is 0. The molecule has 0 bridgehead atoms. The molecular formula is C33H23NO. The van der Waals surface area contributed by atoms with Gasteiger partial charge in [0.25, 0.3) is 0 Å². The predicted molar refractivity (Wildman–Crippen MR) is 148 cm³/mol. The summed E-state index contributed by atoms with van der Waals surface area (Å²) in [5.41, 5.74) is 6.39. The van der Waals surface area contributed by atoms with Gasteiger partial charge in [-0.15, -0.1) is 0 Å². The van der Waals surface area contributed by atoms with Crippen molar-refractivity contribution in [1.29, 1.82) is 0 Å². The number of furan rings is 1. The smallest absolute Gasteiger partial charge is 0.138 e. The standard InChI is InChI=1S/C33H23NO/c1-22-10-9-14-25(20-22)34(24-12-3-2-4-13-24)29-21-31-33(28-17-8-7-16-27(28)29)32-26-15-6-5-11-23(26)18-19-30(32)35-31/h2-21H,1H3. The fourth-order valence-electron chi connectivity index (χ4n) is 5.34. The molecule has 0 saturated carbocycles. The van der Waals surface area contributed by atoms with E-state index < -0.39 is 0 Å². The Morgan fingerprint density at radius 1 is 0.514 bits per heavy atom. The van der Waals surface area contributed by atoms with E-state index in [1.807, 2.05) is 0 Å². The number of aryl methyl sites for hydroxylation is 1. The number of fused-ring (bicyclic) bond motifs is 7. The monoisotopic (exact) mass is 449 g/mol. The molecule has 0 fully saturated rings. The van der Waals surface area contributed by atoms with Crippen molar-refractivity contribution in [3.05, 3.63) is 127 Å². The molecule has 0 radical (unpaired) electrons. The zero-order valence-electron chi connectivity index (χ0n) is 19.4. The van der Waals surface area contributed by atoms with Crippen molar-refractivity contribution in [2.45, 2.75) is 6.92 Å². The van der Waals surface area contributed by atoms with Gasteiger partial charge in [0, 0.05) is 33.6 Å². The number of rotatable bonds is 3. The lowest BCUT2D eigenvalue weighted by Crippen LogP contribution is -2.10. The van der Waals surface area contributed by atoms with Gasteiger partial charge in [-0.3, -0.25) is 0 Å². The maximum absolute atomic E-state index is 6.53. The topological polar surface area (TPSA) is 16.4 Å². The van der Waals surface area contributed by atoms with Crippen molar-refractivity contribution in [2.75, 3.05) is 4.90 Å². The second-order valence-corrected chi connectivity index (χ2v) is 9.09. The molecule has 0 aliphatic carbocycles. The molecule has 0 aliphatic rings. The second kappa shape index (κ2) is 7.75. The van der Waals surface area contributed by atoms with Crippen molar-refractivity contribution in [3.8, 4) is 0 Å². The molecule has 0 saturated heterocycles. The van der Waals surface area contributed by atoms with Crippen LogP contribution in [0.2, 0.25) is 0 Å². The Balaban J connectivity index is 1.62. The fourth-order valence-corrected chi connectivity index (χ4v) is 5.34. The van der Waals surface area contributed by atoms with Gasteiger partial charge in [-0.1, -0.05) is 84.9 Å². The Hall–Kier alpha value is -4.56. The summed E-state index contributed by atoms with van der Waals surface area (Å²) in [4.78, 5) is 2.33. The highest BCUT2D eigenvalue weighted by Gasteiger charge is 2.20. The van der Waals surface area contributed by atoms with Gasteiger partial charge >= 0.3 is 0 Å². The van der Waals surface area contributed by atoms with Gasteiger partial charge in [-0.05, 0) is 59.0 Å². The average Bonchev–Trinajstić information content (AvgIpc) is 3.29. The van der Waals surface area contributed by atoms with Crippen molar-refractivity contribution < 1.29 is 4.42 Å². The molecule has 1 aromatic heterocycles. The molecule has 0 unspecified atom stereocenters. The molecule has 7 aromatic rings. The molecule has 0 N–H and O–H groups in total. The molecule has 0 spiro atoms. The lowest BCUT2D eigenvalue weighted by Gasteiger charge is -2.27. The summed E-state index contributed by atoms with van der Waals surface area (Å²) in [6.45, 7) is 2.14. The third-order valence-electron chi connectivity index (χ3n) is 6.86. The minimum atomic E-state index is 0.902. The van der Waals surface area contributed by atoms with Gasteiger partial charge in [0.2, 0.25) is 0 Å². The minimum Gasteiger partial charge on any atom is -0.456 e. The van der Waals surface area contributed by atoms with Crippen LogP contribution in [0.3, 0.4) is 0 Å². The second-order valence-electron chi connectivity index (χ2n) is 9.09. The van der Waals surface area contributed by atoms with E-state index >= 15 is 0 Å². The van der Waals surface area contributed by atoms with E-state index in [9.17, 15) is 0 Å². The number of hydrogen-bond acceptors (Lipinski definition) is 2. The number of nitrogens with zero attached hydrogens (tertiary/aromatic N) is 1. The Morgan fingerprint density at radius 2 is 1.20 bits per heavy atom. The summed E-state index contributed by atoms with van der Waals surface area (Å²) in [7, 11) is 0. The fraction of sp³-hybridized carbons (Fsp3) is 0.0303. The van der Waals surface area contributed by atoms with E-state index in [0.717, 1.165) is 28.2 Å². The maximum Gasteiger partial charge on any atom is 0.138 e. The van der Waals surface area contributed by atoms with Gasteiger partial charge in [0.15, 0.2) is 0 Å². The van der Waals surface area contributed by atoms with Crippen LogP contribution in [0, 0.1) is 6.92 Å². The van der Waals surface area contributed by atoms with Crippen molar-refractivity contribution in [1.82, 2.24) is 0 Å². The zero-order valence-corrected chi connectivity index (χ0v) is 19.4. The number of hydrogen-bond donors (Lipinski definition) is 0. The van der Waals surface area contributed by atoms with Crippen LogP contribution < -0.4 is 4.90 Å². The molecule has 1 heterocycles. The van der Waals surface area contributed by atoms with Gasteiger partial charge in [-0.25, -0.2) is 0 Å². The third kappa shape index (κ3) is 3.11. The molecule has 6 aromatic carbocycles. The maximum atomic E-state index is 6.53. The molecule has 166 valence electrons. The first-order chi connectivity index (χ1) is 17.3. The van der Waals surface area contributed by atoms with Crippen LogP contribution in [0.25, 0.3) is 43.5 Å². The van der Waals surface area contributed by atoms with E-state index in [1.165, 1.54) is 37.9 Å². The molecule has 0 amide bonds. The largest absolute Gasteiger partial charge is 0.456 e. The lowest BCUT2D eigenvalue weighted by atomic mass is 9.98. The van der Waals surface area contributed by atoms with Crippen LogP contribution in [0.15, 0.2) is 126 Å². The normalized spacial score (nSPS) is 11.6. The summed E-state index contributed by atoms with van der Waals surface area (Å²) >= 11 is 0. The van der Waals surface area contributed by atoms with Crippen molar-refractivity contribution in [2.24, 2.45) is 0 Å². The van der Waals surface area contributed by atoms with E-state index in [4.69, 9.17) is 4.42 Å². The summed E-state index contributed by atoms with van der Waals surface area (Å²) in [5.74, 6) is 0. The average molecular weight is 450 g/mol. The summed E-state index contributed by atoms with van der Waals surface area (Å²) in [5, 5.41) is 7.20. The zero-order chi connectivity index (χ0) is 23.4. The summed E-state index contributed by atoms with van der Waals surface area (Å²) < 4.78 is 6.53. The Labute approximate surface area is 203 Å². The lowest BCUT2D eigenvalue weighted by molar-refractivity contribution is 0.669. The highest BCUT2D eigenvalue weighted by Crippen LogP contribution is 2.45. The first-order valence-corrected chi connectivity index (χ1v) is 12.0. The Morgan fingerprint density at radius 3 is 2.03 bits per heavy atom. The Bertz CT molecular complexity index is 1860. The molecule has 2 heteroatoms. The third-order valence-corrected chi connectivity index (χ3v) is 6.86.